The SMILES string of the molecule is COCCN(CC(=O)N(CCc1ccc(OC)c(OC)c1)Cc1cccs1)C(=O)c1ccc(Br)cc1. The van der Waals surface area contributed by atoms with Crippen molar-refractivity contribution in [3.05, 3.63) is 80.5 Å². The molecule has 0 saturated carbocycles. The first kappa shape index (κ1) is 27.7. The average molecular weight is 576 g/mol. The van der Waals surface area contributed by atoms with Crippen LogP contribution < -0.4 is 9.47 Å². The summed E-state index contributed by atoms with van der Waals surface area (Å²) in [7, 11) is 4.78. The zero-order valence-corrected chi connectivity index (χ0v) is 23.1. The third-order valence-corrected chi connectivity index (χ3v) is 7.06. The van der Waals surface area contributed by atoms with Crippen molar-refractivity contribution in [1.29, 1.82) is 0 Å². The Balaban J connectivity index is 1.76. The van der Waals surface area contributed by atoms with Crippen molar-refractivity contribution in [1.82, 2.24) is 9.80 Å². The van der Waals surface area contributed by atoms with Crippen molar-refractivity contribution >= 4 is 39.1 Å². The molecule has 0 saturated heterocycles. The zero-order valence-electron chi connectivity index (χ0n) is 20.7. The third-order valence-electron chi connectivity index (χ3n) is 5.67. The number of nitrogens with zero attached hydrogens (tertiary/aromatic N) is 2. The van der Waals surface area contributed by atoms with Gasteiger partial charge >= 0.3 is 0 Å². The topological polar surface area (TPSA) is 68.3 Å². The predicted molar refractivity (Wildman–Crippen MR) is 145 cm³/mol. The van der Waals surface area contributed by atoms with Gasteiger partial charge in [0, 0.05) is 35.1 Å². The maximum Gasteiger partial charge on any atom is 0.254 e. The summed E-state index contributed by atoms with van der Waals surface area (Å²) in [6.07, 6.45) is 0.635. The number of amides is 2. The average Bonchev–Trinajstić information content (AvgIpc) is 3.41. The zero-order chi connectivity index (χ0) is 25.9. The number of carbonyl (C=O) groups excluding carboxylic acids is 2. The second kappa shape index (κ2) is 14.0. The molecule has 192 valence electrons. The Morgan fingerprint density at radius 2 is 1.67 bits per heavy atom. The van der Waals surface area contributed by atoms with Crippen LogP contribution in [0.25, 0.3) is 0 Å². The molecule has 0 fully saturated rings. The lowest BCUT2D eigenvalue weighted by Gasteiger charge is -2.27. The summed E-state index contributed by atoms with van der Waals surface area (Å²) in [5.41, 5.74) is 1.55. The number of thiophene rings is 1. The van der Waals surface area contributed by atoms with Gasteiger partial charge in [0.25, 0.3) is 5.91 Å². The van der Waals surface area contributed by atoms with Gasteiger partial charge in [0.05, 0.1) is 27.4 Å². The number of halogens is 1. The highest BCUT2D eigenvalue weighted by atomic mass is 79.9. The number of hydrogen-bond donors (Lipinski definition) is 0. The van der Waals surface area contributed by atoms with Crippen LogP contribution in [0.1, 0.15) is 20.8 Å². The fourth-order valence-electron chi connectivity index (χ4n) is 3.67. The number of carbonyl (C=O) groups is 2. The van der Waals surface area contributed by atoms with E-state index in [1.165, 1.54) is 0 Å². The van der Waals surface area contributed by atoms with Crippen LogP contribution in [-0.4, -0.2) is 69.2 Å². The van der Waals surface area contributed by atoms with Gasteiger partial charge in [-0.25, -0.2) is 0 Å². The van der Waals surface area contributed by atoms with Crippen LogP contribution in [0.15, 0.2) is 64.5 Å². The minimum absolute atomic E-state index is 0.0322. The second-order valence-electron chi connectivity index (χ2n) is 8.06. The molecule has 0 atom stereocenters. The van der Waals surface area contributed by atoms with E-state index in [1.54, 1.807) is 54.6 Å². The van der Waals surface area contributed by atoms with Crippen LogP contribution in [0.3, 0.4) is 0 Å². The lowest BCUT2D eigenvalue weighted by molar-refractivity contribution is -0.132. The first-order chi connectivity index (χ1) is 17.4. The standard InChI is InChI=1S/C27H31BrN2O5S/c1-33-15-14-30(27(32)21-7-9-22(28)10-8-21)19-26(31)29(18-23-5-4-16-36-23)13-12-20-6-11-24(34-2)25(17-20)35-3/h4-11,16-17H,12-15,18-19H2,1-3H3. The van der Waals surface area contributed by atoms with Crippen molar-refractivity contribution in [3.8, 4) is 11.5 Å². The molecular formula is C27H31BrN2O5S. The minimum atomic E-state index is -0.205. The maximum atomic E-state index is 13.5. The molecule has 3 rings (SSSR count). The van der Waals surface area contributed by atoms with Crippen molar-refractivity contribution in [2.45, 2.75) is 13.0 Å². The van der Waals surface area contributed by atoms with E-state index in [2.05, 4.69) is 15.9 Å². The summed E-state index contributed by atoms with van der Waals surface area (Å²) in [5, 5.41) is 1.99. The molecule has 2 amide bonds. The first-order valence-electron chi connectivity index (χ1n) is 11.5. The van der Waals surface area contributed by atoms with Gasteiger partial charge in [-0.05, 0) is 59.8 Å². The van der Waals surface area contributed by atoms with Gasteiger partial charge in [-0.1, -0.05) is 28.1 Å². The third kappa shape index (κ3) is 7.81. The van der Waals surface area contributed by atoms with E-state index in [-0.39, 0.29) is 18.4 Å². The minimum Gasteiger partial charge on any atom is -0.493 e. The van der Waals surface area contributed by atoms with Crippen molar-refractivity contribution < 1.29 is 23.8 Å². The van der Waals surface area contributed by atoms with Crippen LogP contribution in [0, 0.1) is 0 Å². The van der Waals surface area contributed by atoms with E-state index >= 15 is 0 Å². The maximum absolute atomic E-state index is 13.5. The molecule has 0 N–H and O–H groups in total. The van der Waals surface area contributed by atoms with E-state index in [0.29, 0.717) is 49.7 Å². The number of benzene rings is 2. The molecule has 0 aliphatic heterocycles. The van der Waals surface area contributed by atoms with Gasteiger partial charge in [0.2, 0.25) is 5.91 Å². The lowest BCUT2D eigenvalue weighted by atomic mass is 10.1. The number of hydrogen-bond acceptors (Lipinski definition) is 6. The second-order valence-corrected chi connectivity index (χ2v) is 10.0. The van der Waals surface area contributed by atoms with Gasteiger partial charge in [-0.15, -0.1) is 11.3 Å². The van der Waals surface area contributed by atoms with Gasteiger partial charge in [-0.2, -0.15) is 0 Å². The van der Waals surface area contributed by atoms with E-state index in [1.807, 2.05) is 47.8 Å². The molecular weight excluding hydrogens is 544 g/mol. The summed E-state index contributed by atoms with van der Waals surface area (Å²) in [4.78, 5) is 31.2. The molecule has 0 radical (unpaired) electrons. The van der Waals surface area contributed by atoms with Gasteiger partial charge in [-0.3, -0.25) is 9.59 Å². The van der Waals surface area contributed by atoms with Crippen LogP contribution in [-0.2, 0) is 22.5 Å². The van der Waals surface area contributed by atoms with Crippen molar-refractivity contribution in [2.24, 2.45) is 0 Å². The summed E-state index contributed by atoms with van der Waals surface area (Å²) in [6.45, 7) is 1.60. The Hall–Kier alpha value is -2.88. The van der Waals surface area contributed by atoms with Gasteiger partial charge < -0.3 is 24.0 Å². The molecule has 3 aromatic rings. The quantitative estimate of drug-likeness (QED) is 0.291. The Bertz CT molecular complexity index is 1120. The molecule has 0 aliphatic carbocycles. The smallest absolute Gasteiger partial charge is 0.254 e. The Morgan fingerprint density at radius 3 is 2.31 bits per heavy atom. The highest BCUT2D eigenvalue weighted by Gasteiger charge is 2.23. The molecule has 0 aliphatic rings. The van der Waals surface area contributed by atoms with Gasteiger partial charge in [0.1, 0.15) is 6.54 Å². The van der Waals surface area contributed by atoms with Crippen LogP contribution >= 0.6 is 27.3 Å². The lowest BCUT2D eigenvalue weighted by Crippen LogP contribution is -2.44. The van der Waals surface area contributed by atoms with Crippen molar-refractivity contribution in [3.63, 3.8) is 0 Å². The summed E-state index contributed by atoms with van der Waals surface area (Å²) < 4.78 is 16.8. The molecule has 36 heavy (non-hydrogen) atoms. The number of rotatable bonds is 13. The number of ether oxygens (including phenoxy) is 3. The van der Waals surface area contributed by atoms with E-state index in [9.17, 15) is 9.59 Å². The molecule has 0 unspecified atom stereocenters. The Labute approximate surface area is 224 Å². The van der Waals surface area contributed by atoms with Crippen LogP contribution in [0.2, 0.25) is 0 Å². The highest BCUT2D eigenvalue weighted by molar-refractivity contribution is 9.10. The first-order valence-corrected chi connectivity index (χ1v) is 13.2. The number of methoxy groups -OCH3 is 3. The van der Waals surface area contributed by atoms with Crippen LogP contribution in [0.5, 0.6) is 11.5 Å². The Morgan fingerprint density at radius 1 is 0.917 bits per heavy atom. The molecule has 1 aromatic heterocycles. The molecule has 7 nitrogen and oxygen atoms in total. The van der Waals surface area contributed by atoms with E-state index in [4.69, 9.17) is 14.2 Å². The van der Waals surface area contributed by atoms with Crippen molar-refractivity contribution in [2.75, 3.05) is 47.6 Å². The summed E-state index contributed by atoms with van der Waals surface area (Å²) in [6, 6.07) is 16.9. The molecule has 0 bridgehead atoms. The fourth-order valence-corrected chi connectivity index (χ4v) is 4.66. The van der Waals surface area contributed by atoms with E-state index < -0.39 is 0 Å². The highest BCUT2D eigenvalue weighted by Crippen LogP contribution is 2.28. The summed E-state index contributed by atoms with van der Waals surface area (Å²) in [5.74, 6) is 0.985. The normalized spacial score (nSPS) is 10.7. The summed E-state index contributed by atoms with van der Waals surface area (Å²) >= 11 is 5.00. The van der Waals surface area contributed by atoms with Gasteiger partial charge in [0.15, 0.2) is 11.5 Å². The molecule has 1 heterocycles. The predicted octanol–water partition coefficient (Wildman–Crippen LogP) is 4.89. The monoisotopic (exact) mass is 574 g/mol. The molecule has 2 aromatic carbocycles. The van der Waals surface area contributed by atoms with E-state index in [0.717, 1.165) is 14.9 Å². The Kier molecular flexibility index (Phi) is 10.8. The molecule has 0 spiro atoms. The fraction of sp³-hybridized carbons (Fsp3) is 0.333. The molecule has 9 heteroatoms. The largest absolute Gasteiger partial charge is 0.493 e. The van der Waals surface area contributed by atoms with Crippen LogP contribution in [0.4, 0.5) is 0 Å².